The van der Waals surface area contributed by atoms with E-state index in [0.29, 0.717) is 16.1 Å². The summed E-state index contributed by atoms with van der Waals surface area (Å²) in [5.41, 5.74) is 0.297. The molecule has 0 aromatic heterocycles. The third-order valence-electron chi connectivity index (χ3n) is 2.67. The van der Waals surface area contributed by atoms with Gasteiger partial charge in [-0.3, -0.25) is 9.59 Å². The van der Waals surface area contributed by atoms with Gasteiger partial charge in [-0.25, -0.2) is 0 Å². The van der Waals surface area contributed by atoms with Gasteiger partial charge < -0.3 is 9.47 Å². The predicted molar refractivity (Wildman–Crippen MR) is 81.8 cm³/mol. The quantitative estimate of drug-likeness (QED) is 0.622. The van der Waals surface area contributed by atoms with Crippen LogP contribution in [0.3, 0.4) is 0 Å². The summed E-state index contributed by atoms with van der Waals surface area (Å²) in [7, 11) is 1.20. The first-order valence-corrected chi connectivity index (χ1v) is 7.08. The first-order valence-electron chi connectivity index (χ1n) is 6.33. The number of aryl methyl sites for hydroxylation is 1. The van der Waals surface area contributed by atoms with Crippen LogP contribution < -0.4 is 0 Å². The van der Waals surface area contributed by atoms with Crippen molar-refractivity contribution < 1.29 is 19.1 Å². The molecule has 0 saturated carbocycles. The van der Waals surface area contributed by atoms with Crippen molar-refractivity contribution in [2.75, 3.05) is 7.11 Å². The van der Waals surface area contributed by atoms with Gasteiger partial charge in [0.05, 0.1) is 7.11 Å². The standard InChI is InChI=1S/C15H18Cl2O4/c1-8-6-9(11(17)7-10(8)16)12(13(18)20-5)14(19)21-15(2,3)4/h6-7,12H,1-5H3. The van der Waals surface area contributed by atoms with Crippen molar-refractivity contribution in [1.29, 1.82) is 0 Å². The molecule has 0 spiro atoms. The third-order valence-corrected chi connectivity index (χ3v) is 3.40. The van der Waals surface area contributed by atoms with Crippen molar-refractivity contribution in [3.8, 4) is 0 Å². The van der Waals surface area contributed by atoms with E-state index < -0.39 is 23.5 Å². The van der Waals surface area contributed by atoms with E-state index in [1.54, 1.807) is 33.8 Å². The molecule has 6 heteroatoms. The number of hydrogen-bond acceptors (Lipinski definition) is 4. The summed E-state index contributed by atoms with van der Waals surface area (Å²) < 4.78 is 9.97. The average molecular weight is 333 g/mol. The van der Waals surface area contributed by atoms with Gasteiger partial charge in [0, 0.05) is 10.0 Å². The highest BCUT2D eigenvalue weighted by Gasteiger charge is 2.35. The van der Waals surface area contributed by atoms with E-state index in [2.05, 4.69) is 0 Å². The predicted octanol–water partition coefficient (Wildman–Crippen LogP) is 3.90. The Morgan fingerprint density at radius 1 is 1.10 bits per heavy atom. The van der Waals surface area contributed by atoms with Crippen LogP contribution in [0.1, 0.15) is 37.8 Å². The highest BCUT2D eigenvalue weighted by Crippen LogP contribution is 2.32. The maximum atomic E-state index is 12.3. The molecule has 0 aliphatic heterocycles. The van der Waals surface area contributed by atoms with Crippen LogP contribution in [0.2, 0.25) is 10.0 Å². The average Bonchev–Trinajstić information content (AvgIpc) is 2.33. The van der Waals surface area contributed by atoms with Gasteiger partial charge in [0.15, 0.2) is 5.92 Å². The van der Waals surface area contributed by atoms with Crippen LogP contribution in [-0.4, -0.2) is 24.6 Å². The molecular weight excluding hydrogens is 315 g/mol. The zero-order valence-corrected chi connectivity index (χ0v) is 14.1. The minimum atomic E-state index is -1.24. The summed E-state index contributed by atoms with van der Waals surface area (Å²) in [5.74, 6) is -2.68. The van der Waals surface area contributed by atoms with E-state index in [4.69, 9.17) is 32.7 Å². The first kappa shape index (κ1) is 17.8. The van der Waals surface area contributed by atoms with E-state index >= 15 is 0 Å². The van der Waals surface area contributed by atoms with Gasteiger partial charge in [-0.05, 0) is 44.9 Å². The number of halogens is 2. The Hall–Kier alpha value is -1.26. The van der Waals surface area contributed by atoms with Gasteiger partial charge in [-0.15, -0.1) is 0 Å². The van der Waals surface area contributed by atoms with Crippen molar-refractivity contribution in [2.45, 2.75) is 39.2 Å². The van der Waals surface area contributed by atoms with Crippen LogP contribution in [0.15, 0.2) is 12.1 Å². The number of ether oxygens (including phenoxy) is 2. The summed E-state index contributed by atoms with van der Waals surface area (Å²) in [6, 6.07) is 3.09. The summed E-state index contributed by atoms with van der Waals surface area (Å²) in [6.45, 7) is 6.90. The highest BCUT2D eigenvalue weighted by molar-refractivity contribution is 6.36. The van der Waals surface area contributed by atoms with Crippen molar-refractivity contribution >= 4 is 35.1 Å². The molecule has 4 nitrogen and oxygen atoms in total. The Kier molecular flexibility index (Phi) is 5.65. The number of hydrogen-bond donors (Lipinski definition) is 0. The maximum Gasteiger partial charge on any atom is 0.325 e. The van der Waals surface area contributed by atoms with Crippen LogP contribution in [0.5, 0.6) is 0 Å². The fourth-order valence-corrected chi connectivity index (χ4v) is 2.22. The molecule has 0 aliphatic rings. The molecule has 0 N–H and O–H groups in total. The molecule has 116 valence electrons. The number of carbonyl (C=O) groups excluding carboxylic acids is 2. The summed E-state index contributed by atoms with van der Waals surface area (Å²) in [5, 5.41) is 0.670. The number of esters is 2. The second kappa shape index (κ2) is 6.67. The molecule has 1 rings (SSSR count). The zero-order valence-electron chi connectivity index (χ0n) is 12.6. The molecule has 0 heterocycles. The van der Waals surface area contributed by atoms with Gasteiger partial charge in [-0.2, -0.15) is 0 Å². The van der Waals surface area contributed by atoms with Gasteiger partial charge >= 0.3 is 11.9 Å². The molecular formula is C15H18Cl2O4. The minimum Gasteiger partial charge on any atom is -0.468 e. The van der Waals surface area contributed by atoms with Crippen LogP contribution in [0, 0.1) is 6.92 Å². The molecule has 1 aromatic carbocycles. The Balaban J connectivity index is 3.30. The fourth-order valence-electron chi connectivity index (χ4n) is 1.73. The van der Waals surface area contributed by atoms with Gasteiger partial charge in [-0.1, -0.05) is 29.3 Å². The number of rotatable bonds is 3. The normalized spacial score (nSPS) is 12.7. The first-order chi connectivity index (χ1) is 9.56. The Bertz CT molecular complexity index is 562. The van der Waals surface area contributed by atoms with Crippen molar-refractivity contribution in [3.05, 3.63) is 33.3 Å². The molecule has 0 fully saturated rings. The van der Waals surface area contributed by atoms with Gasteiger partial charge in [0.25, 0.3) is 0 Å². The van der Waals surface area contributed by atoms with Crippen molar-refractivity contribution in [2.24, 2.45) is 0 Å². The largest absolute Gasteiger partial charge is 0.468 e. The molecule has 0 saturated heterocycles. The fraction of sp³-hybridized carbons (Fsp3) is 0.467. The lowest BCUT2D eigenvalue weighted by atomic mass is 9.97. The van der Waals surface area contributed by atoms with Gasteiger partial charge in [0.2, 0.25) is 0 Å². The van der Waals surface area contributed by atoms with E-state index in [9.17, 15) is 9.59 Å². The number of carbonyl (C=O) groups is 2. The van der Waals surface area contributed by atoms with Crippen LogP contribution in [-0.2, 0) is 19.1 Å². The molecule has 0 amide bonds. The van der Waals surface area contributed by atoms with Crippen molar-refractivity contribution in [3.63, 3.8) is 0 Å². The second-order valence-electron chi connectivity index (χ2n) is 5.61. The molecule has 1 aromatic rings. The lowest BCUT2D eigenvalue weighted by Crippen LogP contribution is -2.32. The lowest BCUT2D eigenvalue weighted by molar-refractivity contribution is -0.163. The third kappa shape index (κ3) is 4.61. The molecule has 0 radical (unpaired) electrons. The Labute approximate surface area is 134 Å². The monoisotopic (exact) mass is 332 g/mol. The summed E-state index contributed by atoms with van der Waals surface area (Å²) in [4.78, 5) is 24.3. The van der Waals surface area contributed by atoms with Crippen LogP contribution >= 0.6 is 23.2 Å². The summed E-state index contributed by atoms with van der Waals surface area (Å²) >= 11 is 12.1. The van der Waals surface area contributed by atoms with Crippen molar-refractivity contribution in [1.82, 2.24) is 0 Å². The minimum absolute atomic E-state index is 0.215. The highest BCUT2D eigenvalue weighted by atomic mass is 35.5. The van der Waals surface area contributed by atoms with E-state index in [1.165, 1.54) is 13.2 Å². The molecule has 1 atom stereocenters. The van der Waals surface area contributed by atoms with E-state index in [1.807, 2.05) is 0 Å². The number of benzene rings is 1. The van der Waals surface area contributed by atoms with E-state index in [-0.39, 0.29) is 5.02 Å². The number of methoxy groups -OCH3 is 1. The Morgan fingerprint density at radius 3 is 2.14 bits per heavy atom. The van der Waals surface area contributed by atoms with Crippen LogP contribution in [0.4, 0.5) is 0 Å². The topological polar surface area (TPSA) is 52.6 Å². The van der Waals surface area contributed by atoms with Gasteiger partial charge in [0.1, 0.15) is 5.60 Å². The SMILES string of the molecule is COC(=O)C(C(=O)OC(C)(C)C)c1cc(C)c(Cl)cc1Cl. The lowest BCUT2D eigenvalue weighted by Gasteiger charge is -2.23. The Morgan fingerprint density at radius 2 is 1.67 bits per heavy atom. The van der Waals surface area contributed by atoms with E-state index in [0.717, 1.165) is 0 Å². The second-order valence-corrected chi connectivity index (χ2v) is 6.43. The maximum absolute atomic E-state index is 12.3. The summed E-state index contributed by atoms with van der Waals surface area (Å²) in [6.07, 6.45) is 0. The molecule has 21 heavy (non-hydrogen) atoms. The molecule has 0 aliphatic carbocycles. The molecule has 0 bridgehead atoms. The van der Waals surface area contributed by atoms with Crippen LogP contribution in [0.25, 0.3) is 0 Å². The smallest absolute Gasteiger partial charge is 0.325 e. The zero-order chi connectivity index (χ0) is 16.4. The molecule has 1 unspecified atom stereocenters.